The van der Waals surface area contributed by atoms with E-state index in [-0.39, 0.29) is 36.9 Å². The Morgan fingerprint density at radius 1 is 0.490 bits per heavy atom. The van der Waals surface area contributed by atoms with E-state index in [0.29, 0.717) is 59.3 Å². The third-order valence-electron chi connectivity index (χ3n) is 9.76. The molecule has 0 aromatic heterocycles. The molecular weight excluding hydrogens is 652 g/mol. The molecule has 2 fully saturated rings. The van der Waals surface area contributed by atoms with Crippen molar-refractivity contribution in [3.8, 4) is 0 Å². The second-order valence-electron chi connectivity index (χ2n) is 14.4. The number of unbranched alkanes of at least 4 members (excludes halogenated alkanes) is 7. The maximum atomic E-state index is 13.6. The first-order valence-electron chi connectivity index (χ1n) is 21.1. The van der Waals surface area contributed by atoms with Gasteiger partial charge in [0, 0.05) is 52.2 Å². The monoisotopic (exact) mass is 731 g/mol. The molecule has 0 N–H and O–H groups in total. The number of cyclic esters (lactones) is 1. The quantitative estimate of drug-likeness (QED) is 0.0497. The molecular formula is C41H78O10. The highest BCUT2D eigenvalue weighted by Gasteiger charge is 2.53. The Bertz CT molecular complexity index is 830. The van der Waals surface area contributed by atoms with E-state index in [0.717, 1.165) is 89.9 Å². The van der Waals surface area contributed by atoms with Gasteiger partial charge in [-0.1, -0.05) is 93.4 Å². The summed E-state index contributed by atoms with van der Waals surface area (Å²) in [7, 11) is 0. The van der Waals surface area contributed by atoms with Gasteiger partial charge in [-0.2, -0.15) is 0 Å². The van der Waals surface area contributed by atoms with Gasteiger partial charge in [0.05, 0.1) is 25.4 Å². The topological polar surface area (TPSA) is 100 Å². The van der Waals surface area contributed by atoms with Crippen molar-refractivity contribution < 1.29 is 47.4 Å². The van der Waals surface area contributed by atoms with E-state index in [2.05, 4.69) is 48.5 Å². The van der Waals surface area contributed by atoms with Crippen molar-refractivity contribution in [3.05, 3.63) is 0 Å². The first-order valence-corrected chi connectivity index (χ1v) is 21.1. The summed E-state index contributed by atoms with van der Waals surface area (Å²) in [5.74, 6) is -0.383. The van der Waals surface area contributed by atoms with Crippen LogP contribution in [0.15, 0.2) is 0 Å². The minimum Gasteiger partial charge on any atom is -0.455 e. The van der Waals surface area contributed by atoms with Crippen molar-refractivity contribution in [3.63, 3.8) is 0 Å². The summed E-state index contributed by atoms with van der Waals surface area (Å²) < 4.78 is 58.8. The van der Waals surface area contributed by atoms with Crippen LogP contribution in [0.1, 0.15) is 145 Å². The number of esters is 1. The molecule has 9 atom stereocenters. The van der Waals surface area contributed by atoms with E-state index in [1.54, 1.807) is 0 Å². The van der Waals surface area contributed by atoms with Crippen LogP contribution in [0.5, 0.6) is 0 Å². The number of rotatable bonds is 32. The lowest BCUT2D eigenvalue weighted by molar-refractivity contribution is -0.273. The lowest BCUT2D eigenvalue weighted by Gasteiger charge is -2.49. The minimum atomic E-state index is -0.886. The molecule has 0 spiro atoms. The van der Waals surface area contributed by atoms with Crippen LogP contribution in [0.4, 0.5) is 0 Å². The number of hydrogen-bond donors (Lipinski definition) is 0. The highest BCUT2D eigenvalue weighted by molar-refractivity contribution is 5.77. The zero-order chi connectivity index (χ0) is 37.1. The predicted molar refractivity (Wildman–Crippen MR) is 201 cm³/mol. The minimum absolute atomic E-state index is 0.0304. The average molecular weight is 731 g/mol. The first-order chi connectivity index (χ1) is 25.0. The highest BCUT2D eigenvalue weighted by Crippen LogP contribution is 2.37. The number of carbonyl (C=O) groups is 1. The van der Waals surface area contributed by atoms with E-state index < -0.39 is 30.4 Å². The number of hydrogen-bond acceptors (Lipinski definition) is 10. The molecule has 0 aromatic rings. The van der Waals surface area contributed by atoms with Crippen LogP contribution in [0.2, 0.25) is 0 Å². The van der Waals surface area contributed by atoms with Gasteiger partial charge >= 0.3 is 5.97 Å². The summed E-state index contributed by atoms with van der Waals surface area (Å²) in [4.78, 5) is 13.6. The summed E-state index contributed by atoms with van der Waals surface area (Å²) in [6.45, 7) is 20.0. The number of carbonyl (C=O) groups excluding carboxylic acids is 1. The van der Waals surface area contributed by atoms with Crippen molar-refractivity contribution in [2.45, 2.75) is 194 Å². The lowest BCUT2D eigenvalue weighted by Crippen LogP contribution is -2.64. The van der Waals surface area contributed by atoms with Crippen LogP contribution in [-0.2, 0) is 47.4 Å². The van der Waals surface area contributed by atoms with Crippen molar-refractivity contribution in [2.24, 2.45) is 5.92 Å². The molecule has 2 aliphatic rings. The first kappa shape index (κ1) is 46.3. The van der Waals surface area contributed by atoms with E-state index in [4.69, 9.17) is 42.6 Å². The van der Waals surface area contributed by atoms with Crippen molar-refractivity contribution in [1.29, 1.82) is 0 Å². The summed E-state index contributed by atoms with van der Waals surface area (Å²) in [6.07, 6.45) is 10.2. The molecule has 51 heavy (non-hydrogen) atoms. The number of ether oxygens (including phenoxy) is 9. The smallest absolute Gasteiger partial charge is 0.338 e. The fraction of sp³-hybridized carbons (Fsp3) is 0.976. The average Bonchev–Trinajstić information content (AvgIpc) is 3.13. The molecule has 0 amide bonds. The maximum Gasteiger partial charge on any atom is 0.338 e. The molecule has 1 aliphatic carbocycles. The highest BCUT2D eigenvalue weighted by atomic mass is 16.7. The third-order valence-corrected chi connectivity index (χ3v) is 9.76. The molecule has 0 aromatic carbocycles. The second-order valence-corrected chi connectivity index (χ2v) is 14.4. The fourth-order valence-corrected chi connectivity index (χ4v) is 6.53. The summed E-state index contributed by atoms with van der Waals surface area (Å²) in [5, 5.41) is 0. The standard InChI is InChI=1S/C41H78O10/c1-8-15-22-43-30-32-29-33(36(46-25-18-11-4)38(47-26-19-12-5)35(32)45-24-17-10-3)50-37-34(31-44-23-16-9-2)51-41(42)40(49-28-21-14-7)39(37)48-27-20-13-6/h32-40H,8-31H2,1-7H3. The van der Waals surface area contributed by atoms with Gasteiger partial charge in [-0.05, 0) is 51.4 Å². The van der Waals surface area contributed by atoms with E-state index in [1.807, 2.05) is 0 Å². The zero-order valence-electron chi connectivity index (χ0n) is 33.7. The summed E-state index contributed by atoms with van der Waals surface area (Å²) >= 11 is 0. The Labute approximate surface area is 312 Å². The third kappa shape index (κ3) is 17.0. The van der Waals surface area contributed by atoms with Gasteiger partial charge in [-0.25, -0.2) is 4.79 Å². The van der Waals surface area contributed by atoms with Crippen LogP contribution in [-0.4, -0.2) is 114 Å². The Hall–Kier alpha value is -0.850. The van der Waals surface area contributed by atoms with Gasteiger partial charge in [-0.3, -0.25) is 0 Å². The normalized spacial score (nSPS) is 28.3. The van der Waals surface area contributed by atoms with Crippen LogP contribution in [0.25, 0.3) is 0 Å². The van der Waals surface area contributed by atoms with Gasteiger partial charge in [0.1, 0.15) is 24.4 Å². The van der Waals surface area contributed by atoms with Crippen LogP contribution < -0.4 is 0 Å². The SMILES string of the molecule is CCCCOCC1CC(OC2C(COCCCC)OC(=O)C(OCCCC)C2OCCCC)C(OCCCC)C(OCCCC)C1OCCCC. The molecule has 1 heterocycles. The van der Waals surface area contributed by atoms with Crippen LogP contribution in [0.3, 0.4) is 0 Å². The molecule has 1 saturated carbocycles. The Morgan fingerprint density at radius 2 is 0.922 bits per heavy atom. The Kier molecular flexibility index (Phi) is 26.8. The van der Waals surface area contributed by atoms with Gasteiger partial charge in [0.15, 0.2) is 12.2 Å². The molecule has 10 heteroatoms. The van der Waals surface area contributed by atoms with Crippen LogP contribution >= 0.6 is 0 Å². The summed E-state index contributed by atoms with van der Waals surface area (Å²) in [5.41, 5.74) is 0. The fourth-order valence-electron chi connectivity index (χ4n) is 6.53. The predicted octanol–water partition coefficient (Wildman–Crippen LogP) is 8.25. The maximum absolute atomic E-state index is 13.6. The molecule has 1 aliphatic heterocycles. The van der Waals surface area contributed by atoms with E-state index in [9.17, 15) is 4.79 Å². The molecule has 9 unspecified atom stereocenters. The molecule has 0 radical (unpaired) electrons. The van der Waals surface area contributed by atoms with Crippen molar-refractivity contribution >= 4 is 5.97 Å². The van der Waals surface area contributed by atoms with Gasteiger partial charge in [-0.15, -0.1) is 0 Å². The largest absolute Gasteiger partial charge is 0.455 e. The second kappa shape index (κ2) is 29.5. The van der Waals surface area contributed by atoms with E-state index in [1.165, 1.54) is 0 Å². The molecule has 302 valence electrons. The molecule has 2 rings (SSSR count). The van der Waals surface area contributed by atoms with E-state index >= 15 is 0 Å². The van der Waals surface area contributed by atoms with Gasteiger partial charge < -0.3 is 42.6 Å². The van der Waals surface area contributed by atoms with Gasteiger partial charge in [0.25, 0.3) is 0 Å². The Balaban J connectivity index is 2.57. The zero-order valence-corrected chi connectivity index (χ0v) is 33.7. The van der Waals surface area contributed by atoms with Gasteiger partial charge in [0.2, 0.25) is 0 Å². The lowest BCUT2D eigenvalue weighted by atomic mass is 9.80. The molecule has 10 nitrogen and oxygen atoms in total. The van der Waals surface area contributed by atoms with Crippen LogP contribution in [0, 0.1) is 5.92 Å². The Morgan fingerprint density at radius 3 is 1.45 bits per heavy atom. The van der Waals surface area contributed by atoms with Crippen molar-refractivity contribution in [2.75, 3.05) is 59.5 Å². The molecule has 0 bridgehead atoms. The molecule has 1 saturated heterocycles. The summed E-state index contributed by atoms with van der Waals surface area (Å²) in [6, 6.07) is 0. The van der Waals surface area contributed by atoms with Crippen molar-refractivity contribution in [1.82, 2.24) is 0 Å².